The monoisotopic (exact) mass is 667 g/mol. The van der Waals surface area contributed by atoms with Crippen molar-refractivity contribution >= 4 is 61.9 Å². The van der Waals surface area contributed by atoms with Crippen LogP contribution in [0, 0.1) is 0 Å². The maximum Gasteiger partial charge on any atom is 0.161 e. The Balaban J connectivity index is 1.22. The number of hydrogen-bond donors (Lipinski definition) is 0. The summed E-state index contributed by atoms with van der Waals surface area (Å²) in [5.74, 6) is 1.07. The predicted octanol–water partition coefficient (Wildman–Crippen LogP) is 12.3. The Hall–Kier alpha value is -6.91. The number of rotatable bonds is 6. The zero-order valence-corrected chi connectivity index (χ0v) is 28.4. The zero-order valence-electron chi connectivity index (χ0n) is 28.4. The second-order valence-corrected chi connectivity index (χ2v) is 12.8. The lowest BCUT2D eigenvalue weighted by Crippen LogP contribution is -2.07. The van der Waals surface area contributed by atoms with Crippen LogP contribution in [0.1, 0.15) is 16.7 Å². The molecule has 0 saturated heterocycles. The average molecular weight is 668 g/mol. The Kier molecular flexibility index (Phi) is 8.03. The van der Waals surface area contributed by atoms with Gasteiger partial charge in [-0.05, 0) is 68.7 Å². The van der Waals surface area contributed by atoms with Crippen LogP contribution in [0.2, 0.25) is 0 Å². The molecule has 0 radical (unpaired) electrons. The summed E-state index contributed by atoms with van der Waals surface area (Å²) in [6, 6.07) is 60.8. The molecular formula is C48H33N3O. The van der Waals surface area contributed by atoms with Gasteiger partial charge in [0.05, 0.1) is 6.54 Å². The van der Waals surface area contributed by atoms with Crippen molar-refractivity contribution in [3.8, 4) is 22.3 Å². The van der Waals surface area contributed by atoms with Crippen LogP contribution in [0.25, 0.3) is 65.7 Å². The van der Waals surface area contributed by atoms with Crippen molar-refractivity contribution in [2.75, 3.05) is 0 Å². The first kappa shape index (κ1) is 31.1. The van der Waals surface area contributed by atoms with Crippen molar-refractivity contribution in [1.82, 2.24) is 0 Å². The van der Waals surface area contributed by atoms with Crippen molar-refractivity contribution in [1.29, 1.82) is 0 Å². The van der Waals surface area contributed by atoms with Crippen LogP contribution < -0.4 is 0 Å². The van der Waals surface area contributed by atoms with Crippen molar-refractivity contribution in [3.05, 3.63) is 193 Å². The molecule has 0 aliphatic carbocycles. The van der Waals surface area contributed by atoms with Crippen LogP contribution >= 0.6 is 0 Å². The highest BCUT2D eigenvalue weighted by atomic mass is 16.3. The Labute approximate surface area is 301 Å². The van der Waals surface area contributed by atoms with Crippen LogP contribution in [-0.2, 0) is 6.54 Å². The molecule has 0 aliphatic heterocycles. The van der Waals surface area contributed by atoms with Crippen LogP contribution in [0.3, 0.4) is 0 Å². The van der Waals surface area contributed by atoms with Crippen molar-refractivity contribution in [2.24, 2.45) is 15.0 Å². The number of benzene rings is 8. The maximum atomic E-state index is 6.65. The van der Waals surface area contributed by atoms with E-state index < -0.39 is 0 Å². The summed E-state index contributed by atoms with van der Waals surface area (Å²) in [5.41, 5.74) is 8.89. The Morgan fingerprint density at radius 2 is 1.21 bits per heavy atom. The summed E-state index contributed by atoms with van der Waals surface area (Å²) in [6.07, 6.45) is 0. The predicted molar refractivity (Wildman–Crippen MR) is 219 cm³/mol. The molecule has 0 N–H and O–H groups in total. The molecule has 8 aromatic carbocycles. The first-order valence-corrected chi connectivity index (χ1v) is 17.4. The lowest BCUT2D eigenvalue weighted by atomic mass is 9.94. The Morgan fingerprint density at radius 3 is 2.04 bits per heavy atom. The molecule has 9 aromatic rings. The summed E-state index contributed by atoms with van der Waals surface area (Å²) in [7, 11) is 0. The van der Waals surface area contributed by atoms with Crippen molar-refractivity contribution in [2.45, 2.75) is 6.54 Å². The Morgan fingerprint density at radius 1 is 0.500 bits per heavy atom. The highest BCUT2D eigenvalue weighted by Crippen LogP contribution is 2.39. The number of para-hydroxylation sites is 1. The van der Waals surface area contributed by atoms with E-state index in [0.717, 1.165) is 71.7 Å². The van der Waals surface area contributed by atoms with E-state index >= 15 is 0 Å². The molecule has 4 nitrogen and oxygen atoms in total. The lowest BCUT2D eigenvalue weighted by molar-refractivity contribution is 0.670. The van der Waals surface area contributed by atoms with Gasteiger partial charge >= 0.3 is 0 Å². The molecule has 0 saturated carbocycles. The second-order valence-electron chi connectivity index (χ2n) is 12.8. The minimum atomic E-state index is 0.465. The van der Waals surface area contributed by atoms with Crippen LogP contribution in [0.4, 0.5) is 0 Å². The van der Waals surface area contributed by atoms with Gasteiger partial charge in [-0.15, -0.1) is 0 Å². The standard InChI is InChI=1S/C48H33N3O/c1-49-47(43-24-13-25-44-45(43)42-23-12-22-38(46(42)52-44)36-27-26-33-16-8-9-19-35(33)30-36)51-48(50-31-32-14-4-2-5-15-32)41-29-28-37(34-17-6-3-7-18-34)39-20-10-11-21-40(39)41/h2-30H,1,31H2/b50-48-,51-47-. The van der Waals surface area contributed by atoms with Crippen LogP contribution in [0.15, 0.2) is 195 Å². The fraction of sp³-hybridized carbons (Fsp3) is 0.0208. The molecule has 4 heteroatoms. The molecule has 0 atom stereocenters. The summed E-state index contributed by atoms with van der Waals surface area (Å²) in [6.45, 7) is 4.48. The Bertz CT molecular complexity index is 2830. The number of furan rings is 1. The van der Waals surface area contributed by atoms with Gasteiger partial charge in [0.1, 0.15) is 11.2 Å². The van der Waals surface area contributed by atoms with Crippen molar-refractivity contribution < 1.29 is 4.42 Å². The molecule has 1 aromatic heterocycles. The third-order valence-corrected chi connectivity index (χ3v) is 9.69. The molecule has 246 valence electrons. The molecule has 9 rings (SSSR count). The first-order chi connectivity index (χ1) is 25.7. The molecule has 0 amide bonds. The highest BCUT2D eigenvalue weighted by Gasteiger charge is 2.19. The van der Waals surface area contributed by atoms with E-state index in [-0.39, 0.29) is 0 Å². The minimum Gasteiger partial charge on any atom is -0.455 e. The van der Waals surface area contributed by atoms with Crippen LogP contribution in [0.5, 0.6) is 0 Å². The van der Waals surface area contributed by atoms with Gasteiger partial charge in [-0.1, -0.05) is 158 Å². The summed E-state index contributed by atoms with van der Waals surface area (Å²) in [5, 5.41) is 6.52. The van der Waals surface area contributed by atoms with Gasteiger partial charge < -0.3 is 4.42 Å². The second kappa shape index (κ2) is 13.4. The van der Waals surface area contributed by atoms with Gasteiger partial charge in [-0.3, -0.25) is 4.99 Å². The van der Waals surface area contributed by atoms with Crippen molar-refractivity contribution in [3.63, 3.8) is 0 Å². The van der Waals surface area contributed by atoms with Gasteiger partial charge in [-0.2, -0.15) is 0 Å². The van der Waals surface area contributed by atoms with E-state index in [4.69, 9.17) is 14.4 Å². The number of aliphatic imine (C=N–C) groups is 3. The van der Waals surface area contributed by atoms with E-state index in [9.17, 15) is 0 Å². The molecule has 52 heavy (non-hydrogen) atoms. The molecule has 1 heterocycles. The lowest BCUT2D eigenvalue weighted by Gasteiger charge is -2.13. The third-order valence-electron chi connectivity index (χ3n) is 9.69. The number of amidine groups is 2. The van der Waals surface area contributed by atoms with Gasteiger partial charge in [0.25, 0.3) is 0 Å². The number of hydrogen-bond acceptors (Lipinski definition) is 2. The van der Waals surface area contributed by atoms with E-state index in [1.54, 1.807) is 0 Å². The largest absolute Gasteiger partial charge is 0.455 e. The smallest absolute Gasteiger partial charge is 0.161 e. The maximum absolute atomic E-state index is 6.65. The van der Waals surface area contributed by atoms with E-state index in [2.05, 4.69) is 145 Å². The van der Waals surface area contributed by atoms with E-state index in [0.29, 0.717) is 18.2 Å². The topological polar surface area (TPSA) is 50.2 Å². The summed E-state index contributed by atoms with van der Waals surface area (Å²) < 4.78 is 6.65. The molecule has 0 spiro atoms. The quantitative estimate of drug-likeness (QED) is 0.129. The molecule has 0 unspecified atom stereocenters. The van der Waals surface area contributed by atoms with Crippen LogP contribution in [-0.4, -0.2) is 18.4 Å². The third kappa shape index (κ3) is 5.66. The fourth-order valence-corrected chi connectivity index (χ4v) is 7.19. The molecule has 0 aliphatic rings. The van der Waals surface area contributed by atoms with Gasteiger partial charge in [0, 0.05) is 27.5 Å². The van der Waals surface area contributed by atoms with E-state index in [1.807, 2.05) is 42.5 Å². The van der Waals surface area contributed by atoms with Gasteiger partial charge in [-0.25, -0.2) is 9.98 Å². The number of nitrogens with zero attached hydrogens (tertiary/aromatic N) is 3. The van der Waals surface area contributed by atoms with Gasteiger partial charge in [0.15, 0.2) is 11.7 Å². The minimum absolute atomic E-state index is 0.465. The molecule has 0 fully saturated rings. The normalized spacial score (nSPS) is 12.2. The SMILES string of the molecule is C=N/C(=N\C(=N/Cc1ccccc1)c1ccc(-c2ccccc2)c2ccccc12)c1cccc2oc3c(-c4ccc5ccccc5c4)cccc3c12. The highest BCUT2D eigenvalue weighted by molar-refractivity contribution is 6.24. The van der Waals surface area contributed by atoms with E-state index in [1.165, 1.54) is 10.8 Å². The molecule has 0 bridgehead atoms. The summed E-state index contributed by atoms with van der Waals surface area (Å²) >= 11 is 0. The average Bonchev–Trinajstić information content (AvgIpc) is 3.61. The molecular weight excluding hydrogens is 635 g/mol. The van der Waals surface area contributed by atoms with Gasteiger partial charge in [0.2, 0.25) is 0 Å². The summed E-state index contributed by atoms with van der Waals surface area (Å²) in [4.78, 5) is 15.0. The number of fused-ring (bicyclic) bond motifs is 5. The fourth-order valence-electron chi connectivity index (χ4n) is 7.19. The zero-order chi connectivity index (χ0) is 34.9. The first-order valence-electron chi connectivity index (χ1n) is 17.4.